The lowest BCUT2D eigenvalue weighted by Gasteiger charge is -2.07. The van der Waals surface area contributed by atoms with Crippen LogP contribution in [0.1, 0.15) is 6.92 Å². The van der Waals surface area contributed by atoms with Gasteiger partial charge in [-0.05, 0) is 6.92 Å². The predicted molar refractivity (Wildman–Crippen MR) is 77.9 cm³/mol. The number of hydrogen-bond donors (Lipinski definition) is 0. The van der Waals surface area contributed by atoms with Crippen molar-refractivity contribution in [3.05, 3.63) is 51.2 Å². The molecule has 0 amide bonds. The zero-order valence-electron chi connectivity index (χ0n) is 11.6. The molecule has 0 N–H and O–H groups in total. The molecule has 0 aliphatic heterocycles. The van der Waals surface area contributed by atoms with E-state index in [0.717, 1.165) is 10.1 Å². The molecule has 7 heteroatoms. The third-order valence-electron chi connectivity index (χ3n) is 3.30. The number of hydrogen-bond acceptors (Lipinski definition) is 5. The first-order chi connectivity index (χ1) is 10.1. The van der Waals surface area contributed by atoms with Crippen LogP contribution in [-0.4, -0.2) is 24.3 Å². The second-order valence-electron chi connectivity index (χ2n) is 4.56. The van der Waals surface area contributed by atoms with Gasteiger partial charge >= 0.3 is 5.69 Å². The molecule has 0 aliphatic rings. The lowest BCUT2D eigenvalue weighted by atomic mass is 10.2. The summed E-state index contributed by atoms with van der Waals surface area (Å²) >= 11 is 0. The minimum Gasteiger partial charge on any atom is -0.278 e. The van der Waals surface area contributed by atoms with Crippen LogP contribution in [0.4, 0.5) is 0 Å². The average molecular weight is 283 g/mol. The van der Waals surface area contributed by atoms with E-state index >= 15 is 0 Å². The Kier molecular flexibility index (Phi) is 3.09. The highest BCUT2D eigenvalue weighted by molar-refractivity contribution is 5.71. The Morgan fingerprint density at radius 2 is 1.81 bits per heavy atom. The molecule has 3 aromatic rings. The van der Waals surface area contributed by atoms with E-state index in [0.29, 0.717) is 5.82 Å². The third kappa shape index (κ3) is 2.03. The number of nitrogens with zero attached hydrogens (tertiary/aromatic N) is 5. The normalized spacial score (nSPS) is 11.0. The van der Waals surface area contributed by atoms with Crippen molar-refractivity contribution < 1.29 is 0 Å². The summed E-state index contributed by atoms with van der Waals surface area (Å²) in [5.74, 6) is 0.363. The van der Waals surface area contributed by atoms with Gasteiger partial charge in [0.05, 0.1) is 0 Å². The van der Waals surface area contributed by atoms with Gasteiger partial charge in [-0.15, -0.1) is 10.2 Å². The van der Waals surface area contributed by atoms with Gasteiger partial charge in [0.15, 0.2) is 17.0 Å². The monoisotopic (exact) mass is 283 g/mol. The van der Waals surface area contributed by atoms with Gasteiger partial charge in [0, 0.05) is 19.2 Å². The zero-order chi connectivity index (χ0) is 15.0. The standard InChI is InChI=1S/C14H13N5O2/c1-3-19-13(20)10-12(18(2)14(19)21)17-16-11(15-10)9-7-5-4-6-8-9/h4-8H,3H2,1-2H3. The SMILES string of the molecule is CCn1c(=O)c2nc(-c3ccccc3)nnc2n(C)c1=O. The summed E-state index contributed by atoms with van der Waals surface area (Å²) < 4.78 is 2.42. The minimum absolute atomic E-state index is 0.146. The van der Waals surface area contributed by atoms with E-state index in [1.165, 1.54) is 4.57 Å². The molecule has 0 unspecified atom stereocenters. The van der Waals surface area contributed by atoms with Crippen molar-refractivity contribution in [2.45, 2.75) is 13.5 Å². The van der Waals surface area contributed by atoms with Crippen LogP contribution >= 0.6 is 0 Å². The van der Waals surface area contributed by atoms with Crippen molar-refractivity contribution in [3.63, 3.8) is 0 Å². The Bertz CT molecular complexity index is 928. The first-order valence-electron chi connectivity index (χ1n) is 6.53. The number of fused-ring (bicyclic) bond motifs is 1. The molecule has 0 radical (unpaired) electrons. The molecule has 7 nitrogen and oxygen atoms in total. The molecule has 2 aromatic heterocycles. The van der Waals surface area contributed by atoms with E-state index in [1.54, 1.807) is 14.0 Å². The summed E-state index contributed by atoms with van der Waals surface area (Å²) in [5, 5.41) is 8.00. The molecule has 2 heterocycles. The van der Waals surface area contributed by atoms with E-state index in [-0.39, 0.29) is 17.7 Å². The Hall–Kier alpha value is -2.83. The van der Waals surface area contributed by atoms with Gasteiger partial charge in [-0.25, -0.2) is 9.78 Å². The number of benzene rings is 1. The number of aryl methyl sites for hydroxylation is 1. The van der Waals surface area contributed by atoms with Crippen LogP contribution in [0.25, 0.3) is 22.6 Å². The second kappa shape index (κ2) is 4.93. The molecule has 0 spiro atoms. The summed E-state index contributed by atoms with van der Waals surface area (Å²) in [6, 6.07) is 9.26. The third-order valence-corrected chi connectivity index (χ3v) is 3.30. The van der Waals surface area contributed by atoms with Crippen molar-refractivity contribution in [2.24, 2.45) is 7.05 Å². The minimum atomic E-state index is -0.442. The topological polar surface area (TPSA) is 82.7 Å². The van der Waals surface area contributed by atoms with E-state index < -0.39 is 11.2 Å². The van der Waals surface area contributed by atoms with Crippen LogP contribution in [0.15, 0.2) is 39.9 Å². The second-order valence-corrected chi connectivity index (χ2v) is 4.56. The summed E-state index contributed by atoms with van der Waals surface area (Å²) in [5.41, 5.74) is 0.242. The van der Waals surface area contributed by atoms with Crippen LogP contribution in [0.5, 0.6) is 0 Å². The summed E-state index contributed by atoms with van der Waals surface area (Å²) in [4.78, 5) is 28.6. The summed E-state index contributed by atoms with van der Waals surface area (Å²) in [7, 11) is 1.55. The van der Waals surface area contributed by atoms with Crippen LogP contribution < -0.4 is 11.2 Å². The molecule has 0 saturated carbocycles. The maximum Gasteiger partial charge on any atom is 0.332 e. The average Bonchev–Trinajstić information content (AvgIpc) is 2.54. The molecule has 1 aromatic carbocycles. The van der Waals surface area contributed by atoms with Gasteiger partial charge in [-0.2, -0.15) is 0 Å². The van der Waals surface area contributed by atoms with Crippen molar-refractivity contribution in [3.8, 4) is 11.4 Å². The lowest BCUT2D eigenvalue weighted by Crippen LogP contribution is -2.39. The summed E-state index contributed by atoms with van der Waals surface area (Å²) in [6.45, 7) is 2.02. The van der Waals surface area contributed by atoms with Crippen LogP contribution in [0, 0.1) is 0 Å². The first-order valence-corrected chi connectivity index (χ1v) is 6.53. The van der Waals surface area contributed by atoms with E-state index in [4.69, 9.17) is 0 Å². The van der Waals surface area contributed by atoms with E-state index in [9.17, 15) is 9.59 Å². The van der Waals surface area contributed by atoms with Crippen molar-refractivity contribution >= 4 is 11.2 Å². The largest absolute Gasteiger partial charge is 0.332 e. The van der Waals surface area contributed by atoms with Gasteiger partial charge in [-0.3, -0.25) is 13.9 Å². The number of rotatable bonds is 2. The molecule has 0 aliphatic carbocycles. The maximum atomic E-state index is 12.3. The molecule has 0 fully saturated rings. The first kappa shape index (κ1) is 13.2. The molecule has 106 valence electrons. The lowest BCUT2D eigenvalue weighted by molar-refractivity contribution is 0.632. The van der Waals surface area contributed by atoms with Gasteiger partial charge in [-0.1, -0.05) is 30.3 Å². The fraction of sp³-hybridized carbons (Fsp3) is 0.214. The Balaban J connectivity index is 2.37. The fourth-order valence-corrected chi connectivity index (χ4v) is 2.16. The van der Waals surface area contributed by atoms with Crippen molar-refractivity contribution in [1.82, 2.24) is 24.3 Å². The van der Waals surface area contributed by atoms with Crippen LogP contribution in [0.3, 0.4) is 0 Å². The summed E-state index contributed by atoms with van der Waals surface area (Å²) in [6.07, 6.45) is 0. The van der Waals surface area contributed by atoms with Crippen molar-refractivity contribution in [1.29, 1.82) is 0 Å². The van der Waals surface area contributed by atoms with Gasteiger partial charge < -0.3 is 0 Å². The highest BCUT2D eigenvalue weighted by Crippen LogP contribution is 2.13. The molecule has 0 bridgehead atoms. The van der Waals surface area contributed by atoms with Gasteiger partial charge in [0.25, 0.3) is 5.56 Å². The molecule has 3 rings (SSSR count). The van der Waals surface area contributed by atoms with Gasteiger partial charge in [0.2, 0.25) is 0 Å². The van der Waals surface area contributed by atoms with E-state index in [2.05, 4.69) is 15.2 Å². The predicted octanol–water partition coefficient (Wildman–Crippen LogP) is 0.572. The maximum absolute atomic E-state index is 12.3. The quantitative estimate of drug-likeness (QED) is 0.686. The Morgan fingerprint density at radius 3 is 2.48 bits per heavy atom. The van der Waals surface area contributed by atoms with Crippen LogP contribution in [0.2, 0.25) is 0 Å². The fourth-order valence-electron chi connectivity index (χ4n) is 2.16. The highest BCUT2D eigenvalue weighted by Gasteiger charge is 2.14. The smallest absolute Gasteiger partial charge is 0.278 e. The zero-order valence-corrected chi connectivity index (χ0v) is 11.6. The molecule has 21 heavy (non-hydrogen) atoms. The Morgan fingerprint density at radius 1 is 1.10 bits per heavy atom. The molecule has 0 atom stereocenters. The van der Waals surface area contributed by atoms with E-state index in [1.807, 2.05) is 30.3 Å². The van der Waals surface area contributed by atoms with Crippen molar-refractivity contribution in [2.75, 3.05) is 0 Å². The Labute approximate surface area is 119 Å². The van der Waals surface area contributed by atoms with Gasteiger partial charge in [0.1, 0.15) is 0 Å². The molecule has 0 saturated heterocycles. The highest BCUT2D eigenvalue weighted by atomic mass is 16.2. The van der Waals surface area contributed by atoms with Crippen LogP contribution in [-0.2, 0) is 13.6 Å². The number of aromatic nitrogens is 5. The molecular formula is C14H13N5O2. The molecular weight excluding hydrogens is 270 g/mol.